The van der Waals surface area contributed by atoms with Gasteiger partial charge >= 0.3 is 0 Å². The molecule has 28 heavy (non-hydrogen) atoms. The van der Waals surface area contributed by atoms with Crippen molar-refractivity contribution in [3.05, 3.63) is 63.8 Å². The highest BCUT2D eigenvalue weighted by atomic mass is 35.5. The Morgan fingerprint density at radius 3 is 2.68 bits per heavy atom. The van der Waals surface area contributed by atoms with Crippen LogP contribution in [-0.4, -0.2) is 36.5 Å². The number of hydrogen-bond acceptors (Lipinski definition) is 5. The van der Waals surface area contributed by atoms with Crippen molar-refractivity contribution in [2.24, 2.45) is 5.10 Å². The third kappa shape index (κ3) is 4.27. The Hall–Kier alpha value is -3.03. The maximum absolute atomic E-state index is 12.3. The van der Waals surface area contributed by atoms with E-state index in [1.165, 1.54) is 6.21 Å². The summed E-state index contributed by atoms with van der Waals surface area (Å²) in [6.45, 7) is 0. The second-order valence-corrected chi connectivity index (χ2v) is 6.36. The predicted molar refractivity (Wildman–Crippen MR) is 109 cm³/mol. The van der Waals surface area contributed by atoms with Gasteiger partial charge in [0.25, 0.3) is 5.91 Å². The van der Waals surface area contributed by atoms with Crippen LogP contribution >= 0.6 is 23.2 Å². The van der Waals surface area contributed by atoms with Crippen LogP contribution in [0, 0.1) is 0 Å². The number of benzene rings is 2. The Morgan fingerprint density at radius 2 is 1.93 bits per heavy atom. The molecule has 0 aliphatic heterocycles. The Labute approximate surface area is 171 Å². The smallest absolute Gasteiger partial charge is 0.289 e. The van der Waals surface area contributed by atoms with E-state index in [4.69, 9.17) is 32.7 Å². The van der Waals surface area contributed by atoms with Crippen molar-refractivity contribution in [3.63, 3.8) is 0 Å². The first-order valence-electron chi connectivity index (χ1n) is 8.08. The number of nitrogens with zero attached hydrogens (tertiary/aromatic N) is 2. The third-order valence-electron chi connectivity index (χ3n) is 3.85. The summed E-state index contributed by atoms with van der Waals surface area (Å²) in [7, 11) is 3.11. The molecule has 2 aromatic carbocycles. The van der Waals surface area contributed by atoms with Crippen LogP contribution in [0.2, 0.25) is 10.0 Å². The van der Waals surface area contributed by atoms with Crippen molar-refractivity contribution in [1.29, 1.82) is 0 Å². The van der Waals surface area contributed by atoms with Crippen molar-refractivity contribution in [2.45, 2.75) is 0 Å². The van der Waals surface area contributed by atoms with E-state index in [-0.39, 0.29) is 5.69 Å². The van der Waals surface area contributed by atoms with Crippen LogP contribution in [0.15, 0.2) is 47.6 Å². The maximum Gasteiger partial charge on any atom is 0.289 e. The topological polar surface area (TPSA) is 88.6 Å². The van der Waals surface area contributed by atoms with E-state index in [1.807, 2.05) is 6.07 Å². The van der Waals surface area contributed by atoms with E-state index in [1.54, 1.807) is 50.6 Å². The number of amides is 1. The van der Waals surface area contributed by atoms with E-state index in [2.05, 4.69) is 20.7 Å². The van der Waals surface area contributed by atoms with E-state index in [0.29, 0.717) is 32.8 Å². The molecule has 0 saturated carbocycles. The Morgan fingerprint density at radius 1 is 1.14 bits per heavy atom. The summed E-state index contributed by atoms with van der Waals surface area (Å²) in [5.74, 6) is 0.722. The Bertz CT molecular complexity index is 1030. The highest BCUT2D eigenvalue weighted by Gasteiger charge is 2.13. The number of aromatic amines is 1. The van der Waals surface area contributed by atoms with E-state index >= 15 is 0 Å². The van der Waals surface area contributed by atoms with Gasteiger partial charge in [-0.15, -0.1) is 0 Å². The number of ether oxygens (including phenoxy) is 2. The van der Waals surface area contributed by atoms with Crippen LogP contribution < -0.4 is 14.9 Å². The summed E-state index contributed by atoms with van der Waals surface area (Å²) in [6, 6.07) is 12.1. The highest BCUT2D eigenvalue weighted by molar-refractivity contribution is 6.43. The SMILES string of the molecule is COc1ccc(-c2cc(C(=O)NN=Cc3cccc(Cl)c3Cl)[nH]n2)cc1OC. The molecule has 1 heterocycles. The summed E-state index contributed by atoms with van der Waals surface area (Å²) in [6.07, 6.45) is 1.41. The molecule has 0 radical (unpaired) electrons. The number of nitrogens with one attached hydrogen (secondary N) is 2. The second kappa shape index (κ2) is 8.77. The lowest BCUT2D eigenvalue weighted by Crippen LogP contribution is -2.18. The minimum atomic E-state index is -0.450. The van der Waals surface area contributed by atoms with Gasteiger partial charge in [0.05, 0.1) is 36.2 Å². The lowest BCUT2D eigenvalue weighted by molar-refractivity contribution is 0.0950. The van der Waals surface area contributed by atoms with Gasteiger partial charge in [-0.05, 0) is 30.3 Å². The Kier molecular flexibility index (Phi) is 6.18. The fraction of sp³-hybridized carbons (Fsp3) is 0.105. The van der Waals surface area contributed by atoms with Crippen molar-refractivity contribution >= 4 is 35.3 Å². The number of rotatable bonds is 6. The number of hydrogen-bond donors (Lipinski definition) is 2. The molecular weight excluding hydrogens is 403 g/mol. The molecule has 0 aliphatic rings. The van der Waals surface area contributed by atoms with Gasteiger partial charge in [0, 0.05) is 11.1 Å². The van der Waals surface area contributed by atoms with Crippen molar-refractivity contribution < 1.29 is 14.3 Å². The van der Waals surface area contributed by atoms with Crippen LogP contribution in [-0.2, 0) is 0 Å². The van der Waals surface area contributed by atoms with Crippen LogP contribution in [0.4, 0.5) is 0 Å². The maximum atomic E-state index is 12.3. The zero-order chi connectivity index (χ0) is 20.1. The predicted octanol–water partition coefficient (Wildman–Crippen LogP) is 4.16. The lowest BCUT2D eigenvalue weighted by Gasteiger charge is -2.08. The lowest BCUT2D eigenvalue weighted by atomic mass is 10.1. The first-order chi connectivity index (χ1) is 13.5. The van der Waals surface area contributed by atoms with E-state index in [9.17, 15) is 4.79 Å². The van der Waals surface area contributed by atoms with E-state index < -0.39 is 5.91 Å². The summed E-state index contributed by atoms with van der Waals surface area (Å²) in [5, 5.41) is 11.5. The molecule has 7 nitrogen and oxygen atoms in total. The summed E-state index contributed by atoms with van der Waals surface area (Å²) in [4.78, 5) is 12.3. The molecular formula is C19H16Cl2N4O3. The van der Waals surface area contributed by atoms with Crippen LogP contribution in [0.1, 0.15) is 16.1 Å². The molecule has 9 heteroatoms. The van der Waals surface area contributed by atoms with Gasteiger partial charge in [0.15, 0.2) is 11.5 Å². The van der Waals surface area contributed by atoms with Gasteiger partial charge in [-0.2, -0.15) is 10.2 Å². The van der Waals surface area contributed by atoms with Gasteiger partial charge in [-0.3, -0.25) is 9.89 Å². The number of H-pyrrole nitrogens is 1. The first-order valence-corrected chi connectivity index (χ1v) is 8.84. The minimum Gasteiger partial charge on any atom is -0.493 e. The Balaban J connectivity index is 1.72. The molecule has 3 aromatic rings. The molecule has 144 valence electrons. The van der Waals surface area contributed by atoms with Gasteiger partial charge in [0.1, 0.15) is 5.69 Å². The molecule has 2 N–H and O–H groups in total. The average Bonchev–Trinajstić information content (AvgIpc) is 3.21. The normalized spacial score (nSPS) is 10.9. The number of aromatic nitrogens is 2. The standard InChI is InChI=1S/C19H16Cl2N4O3/c1-27-16-7-6-11(8-17(16)28-2)14-9-15(24-23-14)19(26)25-22-10-12-4-3-5-13(20)18(12)21/h3-10H,1-2H3,(H,23,24)(H,25,26). The summed E-state index contributed by atoms with van der Waals surface area (Å²) in [5.41, 5.74) is 4.59. The van der Waals surface area contributed by atoms with Crippen LogP contribution in [0.25, 0.3) is 11.3 Å². The third-order valence-corrected chi connectivity index (χ3v) is 4.69. The van der Waals surface area contributed by atoms with Crippen molar-refractivity contribution in [2.75, 3.05) is 14.2 Å². The zero-order valence-corrected chi connectivity index (χ0v) is 16.5. The number of halogens is 2. The number of hydrazone groups is 1. The highest BCUT2D eigenvalue weighted by Crippen LogP contribution is 2.31. The first kappa shape index (κ1) is 19.7. The second-order valence-electron chi connectivity index (χ2n) is 5.58. The number of carbonyl (C=O) groups excluding carboxylic acids is 1. The fourth-order valence-corrected chi connectivity index (χ4v) is 2.78. The molecule has 0 atom stereocenters. The molecule has 0 saturated heterocycles. The molecule has 0 fully saturated rings. The van der Waals surface area contributed by atoms with Crippen LogP contribution in [0.3, 0.4) is 0 Å². The van der Waals surface area contributed by atoms with Gasteiger partial charge in [0.2, 0.25) is 0 Å². The molecule has 3 rings (SSSR count). The van der Waals surface area contributed by atoms with Gasteiger partial charge in [-0.1, -0.05) is 35.3 Å². The largest absolute Gasteiger partial charge is 0.493 e. The molecule has 1 aromatic heterocycles. The molecule has 0 unspecified atom stereocenters. The molecule has 0 aliphatic carbocycles. The summed E-state index contributed by atoms with van der Waals surface area (Å²) >= 11 is 12.0. The average molecular weight is 419 g/mol. The van der Waals surface area contributed by atoms with Gasteiger partial charge in [-0.25, -0.2) is 5.43 Å². The summed E-state index contributed by atoms with van der Waals surface area (Å²) < 4.78 is 10.5. The molecule has 0 bridgehead atoms. The fourth-order valence-electron chi connectivity index (χ4n) is 2.42. The minimum absolute atomic E-state index is 0.249. The van der Waals surface area contributed by atoms with Gasteiger partial charge < -0.3 is 9.47 Å². The van der Waals surface area contributed by atoms with Crippen molar-refractivity contribution in [3.8, 4) is 22.8 Å². The molecule has 0 spiro atoms. The number of carbonyl (C=O) groups is 1. The van der Waals surface area contributed by atoms with Crippen LogP contribution in [0.5, 0.6) is 11.5 Å². The van der Waals surface area contributed by atoms with Crippen molar-refractivity contribution in [1.82, 2.24) is 15.6 Å². The monoisotopic (exact) mass is 418 g/mol. The zero-order valence-electron chi connectivity index (χ0n) is 15.0. The quantitative estimate of drug-likeness (QED) is 0.464. The number of methoxy groups -OCH3 is 2. The molecule has 1 amide bonds. The van der Waals surface area contributed by atoms with E-state index in [0.717, 1.165) is 5.56 Å².